The van der Waals surface area contributed by atoms with Crippen molar-refractivity contribution in [1.29, 1.82) is 0 Å². The summed E-state index contributed by atoms with van der Waals surface area (Å²) in [5.74, 6) is -3.44. The maximum Gasteiger partial charge on any atom is 0.408 e. The van der Waals surface area contributed by atoms with Crippen LogP contribution < -0.4 is 15.4 Å². The van der Waals surface area contributed by atoms with Crippen molar-refractivity contribution in [2.45, 2.75) is 98.8 Å². The number of ether oxygens (including phenoxy) is 1. The first-order chi connectivity index (χ1) is 23.7. The number of carbonyl (C=O) groups excluding carboxylic acids is 4. The van der Waals surface area contributed by atoms with Crippen molar-refractivity contribution in [3.8, 4) is 0 Å². The number of sulfonamides is 2. The lowest BCUT2D eigenvalue weighted by molar-refractivity contribution is -0.387. The van der Waals surface area contributed by atoms with Crippen LogP contribution in [-0.2, 0) is 39.2 Å². The maximum atomic E-state index is 14.3. The number of allylic oxidation sites excluding steroid dienone is 1. The molecule has 5 rings (SSSR count). The number of alkyl carbamates (subject to hydrolysis) is 1. The quantitative estimate of drug-likeness (QED) is 0.166. The van der Waals surface area contributed by atoms with Gasteiger partial charge in [-0.15, -0.1) is 0 Å². The zero-order valence-corrected chi connectivity index (χ0v) is 29.9. The van der Waals surface area contributed by atoms with Crippen LogP contribution in [0.25, 0.3) is 0 Å². The van der Waals surface area contributed by atoms with Crippen molar-refractivity contribution in [3.63, 3.8) is 0 Å². The number of amides is 4. The molecule has 2 aliphatic carbocycles. The fraction of sp³-hybridized carbons (Fsp3) is 0.613. The number of benzene rings is 1. The first-order valence-corrected chi connectivity index (χ1v) is 19.5. The molecule has 5 atom stereocenters. The Hall–Kier alpha value is -4.14. The average molecular weight is 755 g/mol. The van der Waals surface area contributed by atoms with Crippen molar-refractivity contribution in [2.75, 3.05) is 19.6 Å². The molecular formula is C31H42N6O12S2. The molecule has 0 spiro atoms. The number of carbonyl (C=O) groups is 4. The Bertz CT molecular complexity index is 1840. The molecule has 20 heteroatoms. The molecule has 1 aromatic carbocycles. The summed E-state index contributed by atoms with van der Waals surface area (Å²) in [6.07, 6.45) is 1.79. The smallest absolute Gasteiger partial charge is 0.408 e. The molecular weight excluding hydrogens is 713 g/mol. The van der Waals surface area contributed by atoms with Crippen molar-refractivity contribution in [2.24, 2.45) is 5.92 Å². The minimum atomic E-state index is -4.70. The van der Waals surface area contributed by atoms with Crippen LogP contribution in [0.3, 0.4) is 0 Å². The number of aliphatic hydroxyl groups excluding tert-OH is 1. The highest BCUT2D eigenvalue weighted by Gasteiger charge is 2.62. The number of nitro groups is 1. The lowest BCUT2D eigenvalue weighted by atomic mass is 10.1. The summed E-state index contributed by atoms with van der Waals surface area (Å²) in [5.41, 5.74) is -3.42. The van der Waals surface area contributed by atoms with Gasteiger partial charge in [0.15, 0.2) is 4.90 Å². The zero-order valence-electron chi connectivity index (χ0n) is 28.3. The fourth-order valence-corrected chi connectivity index (χ4v) is 9.25. The molecule has 4 N–H and O–H groups in total. The number of rotatable bonds is 7. The summed E-state index contributed by atoms with van der Waals surface area (Å²) in [6, 6.07) is 1.56. The normalized spacial score (nSPS) is 28.0. The van der Waals surface area contributed by atoms with E-state index in [9.17, 15) is 51.2 Å². The van der Waals surface area contributed by atoms with Crippen LogP contribution in [0.2, 0.25) is 0 Å². The zero-order chi connectivity index (χ0) is 37.5. The number of nitrogens with one attached hydrogen (secondary N) is 3. The standard InChI is InChI=1S/C31H42N6O12S2/c1-30(2,3)49-29(42)32-22-18-35(51(47,48)25-11-7-6-10-23(25)37(43)44)14-8-4-5-9-19-16-31(19,28(41)34-50(45,46)21-12-13-21)33-26(39)24-15-20(38)17-36(24)27(22)40/h5-7,9-11,19-22,24,38H,4,8,12-18H2,1-3H3,(H,32,42)(H,33,39)(H,34,41)/t19-,20-,22+,24+,31-/m1/s1. The second-order valence-electron chi connectivity index (χ2n) is 14.2. The summed E-state index contributed by atoms with van der Waals surface area (Å²) in [4.78, 5) is 65.9. The van der Waals surface area contributed by atoms with E-state index in [-0.39, 0.29) is 32.2 Å². The Kier molecular flexibility index (Phi) is 10.5. The molecule has 2 aliphatic heterocycles. The molecule has 0 unspecified atom stereocenters. The minimum Gasteiger partial charge on any atom is -0.444 e. The molecule has 2 heterocycles. The highest BCUT2D eigenvalue weighted by Crippen LogP contribution is 2.46. The highest BCUT2D eigenvalue weighted by molar-refractivity contribution is 7.91. The third-order valence-electron chi connectivity index (χ3n) is 9.03. The number of nitro benzene ring substituents is 1. The Morgan fingerprint density at radius 1 is 1.12 bits per heavy atom. The van der Waals surface area contributed by atoms with Gasteiger partial charge in [0.25, 0.3) is 11.6 Å². The van der Waals surface area contributed by atoms with E-state index in [2.05, 4.69) is 15.4 Å². The third kappa shape index (κ3) is 8.50. The molecule has 51 heavy (non-hydrogen) atoms. The topological polar surface area (TPSA) is 252 Å². The van der Waals surface area contributed by atoms with Crippen LogP contribution >= 0.6 is 0 Å². The molecule has 280 valence electrons. The molecule has 2 saturated carbocycles. The molecule has 0 aromatic heterocycles. The van der Waals surface area contributed by atoms with Crippen molar-refractivity contribution < 1.29 is 50.8 Å². The van der Waals surface area contributed by atoms with Gasteiger partial charge < -0.3 is 25.4 Å². The fourth-order valence-electron chi connectivity index (χ4n) is 6.23. The minimum absolute atomic E-state index is 0.0332. The van der Waals surface area contributed by atoms with Gasteiger partial charge >= 0.3 is 6.09 Å². The van der Waals surface area contributed by atoms with Crippen LogP contribution in [0, 0.1) is 16.0 Å². The van der Waals surface area contributed by atoms with Gasteiger partial charge in [-0.2, -0.15) is 4.31 Å². The second kappa shape index (κ2) is 14.1. The second-order valence-corrected chi connectivity index (χ2v) is 18.1. The SMILES string of the molecule is CC(C)(C)OC(=O)N[C@H]1CN(S(=O)(=O)c2ccccc2[N+](=O)[O-])CCCC=C[C@@H]2C[C@@]2(C(=O)NS(=O)(=O)C2CC2)NC(=O)[C@@H]2C[C@@H](O)CN2C1=O. The predicted octanol–water partition coefficient (Wildman–Crippen LogP) is 0.274. The van der Waals surface area contributed by atoms with Crippen molar-refractivity contribution in [3.05, 3.63) is 46.5 Å². The van der Waals surface area contributed by atoms with Crippen LogP contribution in [0.15, 0.2) is 41.3 Å². The van der Waals surface area contributed by atoms with Gasteiger partial charge in [0.1, 0.15) is 23.2 Å². The van der Waals surface area contributed by atoms with Gasteiger partial charge in [-0.3, -0.25) is 29.2 Å². The summed E-state index contributed by atoms with van der Waals surface area (Å²) >= 11 is 0. The van der Waals surface area contributed by atoms with Crippen LogP contribution in [0.1, 0.15) is 59.3 Å². The van der Waals surface area contributed by atoms with Gasteiger partial charge in [-0.1, -0.05) is 24.3 Å². The van der Waals surface area contributed by atoms with E-state index in [4.69, 9.17) is 4.74 Å². The van der Waals surface area contributed by atoms with Gasteiger partial charge in [0.2, 0.25) is 31.9 Å². The largest absolute Gasteiger partial charge is 0.444 e. The number of hydrogen-bond donors (Lipinski definition) is 4. The van der Waals surface area contributed by atoms with Gasteiger partial charge in [-0.05, 0) is 58.9 Å². The molecule has 1 aromatic rings. The van der Waals surface area contributed by atoms with Crippen LogP contribution in [-0.4, -0.2) is 114 Å². The molecule has 18 nitrogen and oxygen atoms in total. The number of hydrogen-bond acceptors (Lipinski definition) is 12. The Morgan fingerprint density at radius 2 is 1.80 bits per heavy atom. The summed E-state index contributed by atoms with van der Waals surface area (Å²) in [7, 11) is -8.68. The predicted molar refractivity (Wildman–Crippen MR) is 179 cm³/mol. The number of nitrogens with zero attached hydrogens (tertiary/aromatic N) is 3. The average Bonchev–Trinajstić information content (AvgIpc) is 3.95. The van der Waals surface area contributed by atoms with Gasteiger partial charge in [-0.25, -0.2) is 21.6 Å². The molecule has 4 amide bonds. The van der Waals surface area contributed by atoms with E-state index in [0.717, 1.165) is 21.3 Å². The molecule has 3 fully saturated rings. The van der Waals surface area contributed by atoms with Crippen LogP contribution in [0.5, 0.6) is 0 Å². The van der Waals surface area contributed by atoms with E-state index < -0.39 is 113 Å². The molecule has 0 bridgehead atoms. The lowest BCUT2D eigenvalue weighted by Gasteiger charge is -2.32. The first-order valence-electron chi connectivity index (χ1n) is 16.5. The van der Waals surface area contributed by atoms with Gasteiger partial charge in [0.05, 0.1) is 16.3 Å². The van der Waals surface area contributed by atoms with E-state index >= 15 is 0 Å². The highest BCUT2D eigenvalue weighted by atomic mass is 32.2. The van der Waals surface area contributed by atoms with Crippen molar-refractivity contribution >= 4 is 49.5 Å². The van der Waals surface area contributed by atoms with E-state index in [1.807, 2.05) is 0 Å². The number of aliphatic hydroxyl groups is 1. The number of fused-ring (bicyclic) bond motifs is 2. The third-order valence-corrected chi connectivity index (χ3v) is 12.8. The molecule has 4 aliphatic rings. The first kappa shape index (κ1) is 38.1. The summed E-state index contributed by atoms with van der Waals surface area (Å²) < 4.78 is 61.7. The Morgan fingerprint density at radius 3 is 2.45 bits per heavy atom. The van der Waals surface area contributed by atoms with E-state index in [1.165, 1.54) is 12.1 Å². The monoisotopic (exact) mass is 754 g/mol. The summed E-state index contributed by atoms with van der Waals surface area (Å²) in [6.45, 7) is 3.28. The summed E-state index contributed by atoms with van der Waals surface area (Å²) in [5, 5.41) is 26.8. The Labute approximate surface area is 295 Å². The molecule has 0 radical (unpaired) electrons. The van der Waals surface area contributed by atoms with Crippen LogP contribution in [0.4, 0.5) is 10.5 Å². The van der Waals surface area contributed by atoms with Crippen molar-refractivity contribution in [1.82, 2.24) is 24.6 Å². The number of para-hydroxylation sites is 1. The lowest BCUT2D eigenvalue weighted by Crippen LogP contribution is -2.60. The maximum absolute atomic E-state index is 14.3. The molecule has 1 saturated heterocycles. The Balaban J connectivity index is 1.54. The van der Waals surface area contributed by atoms with E-state index in [0.29, 0.717) is 12.8 Å². The van der Waals surface area contributed by atoms with Gasteiger partial charge in [0, 0.05) is 38.0 Å². The van der Waals surface area contributed by atoms with E-state index in [1.54, 1.807) is 32.9 Å².